The topological polar surface area (TPSA) is 66.8 Å². The average Bonchev–Trinajstić information content (AvgIpc) is 1.94. The van der Waals surface area contributed by atoms with Crippen LogP contribution < -0.4 is 0 Å². The van der Waals surface area contributed by atoms with Gasteiger partial charge in [-0.2, -0.15) is 0 Å². The van der Waals surface area contributed by atoms with Gasteiger partial charge in [0.15, 0.2) is 0 Å². The highest BCUT2D eigenvalue weighted by atomic mass is 31.2. The Hall–Kier alpha value is 0.0400. The molecule has 0 atom stereocenters. The predicted octanol–water partition coefficient (Wildman–Crippen LogP) is 2.22. The first-order chi connectivity index (χ1) is 5.56. The minimum Gasteiger partial charge on any atom is -0.303 e. The molecule has 0 saturated carbocycles. The molecule has 0 aliphatic rings. The van der Waals surface area contributed by atoms with Gasteiger partial charge in [0.05, 0.1) is 6.61 Å². The number of rotatable bonds is 7. The second-order valence-electron chi connectivity index (χ2n) is 2.74. The van der Waals surface area contributed by atoms with Crippen molar-refractivity contribution >= 4 is 7.82 Å². The minimum absolute atomic E-state index is 0. The van der Waals surface area contributed by atoms with E-state index in [0.717, 1.165) is 19.3 Å². The van der Waals surface area contributed by atoms with E-state index < -0.39 is 7.82 Å². The van der Waals surface area contributed by atoms with Crippen LogP contribution >= 0.6 is 7.82 Å². The molecular formula is C7H18FO4P. The SMILES string of the molecule is CCCCCCCOP(=O)(O)O.F. The zero-order valence-electron chi connectivity index (χ0n) is 7.81. The highest BCUT2D eigenvalue weighted by molar-refractivity contribution is 7.46. The van der Waals surface area contributed by atoms with Crippen LogP contribution in [0.3, 0.4) is 0 Å². The van der Waals surface area contributed by atoms with Crippen molar-refractivity contribution in [2.75, 3.05) is 6.61 Å². The molecule has 0 aromatic carbocycles. The highest BCUT2D eigenvalue weighted by Gasteiger charge is 2.11. The van der Waals surface area contributed by atoms with Crippen molar-refractivity contribution < 1.29 is 23.6 Å². The Morgan fingerprint density at radius 1 is 1.15 bits per heavy atom. The monoisotopic (exact) mass is 216 g/mol. The first kappa shape index (κ1) is 15.5. The van der Waals surface area contributed by atoms with Crippen LogP contribution in [0.25, 0.3) is 0 Å². The van der Waals surface area contributed by atoms with Crippen LogP contribution in [0.5, 0.6) is 0 Å². The number of unbranched alkanes of at least 4 members (excludes halogenated alkanes) is 4. The lowest BCUT2D eigenvalue weighted by atomic mass is 10.2. The molecule has 0 amide bonds. The molecule has 0 aromatic heterocycles. The summed E-state index contributed by atoms with van der Waals surface area (Å²) in [4.78, 5) is 16.6. The van der Waals surface area contributed by atoms with Crippen molar-refractivity contribution in [1.29, 1.82) is 0 Å². The van der Waals surface area contributed by atoms with Gasteiger partial charge >= 0.3 is 7.82 Å². The Bertz CT molecular complexity index is 147. The van der Waals surface area contributed by atoms with Gasteiger partial charge in [0.2, 0.25) is 0 Å². The molecule has 0 saturated heterocycles. The lowest BCUT2D eigenvalue weighted by molar-refractivity contribution is 0.193. The summed E-state index contributed by atoms with van der Waals surface area (Å²) in [6.07, 6.45) is 5.16. The van der Waals surface area contributed by atoms with Crippen molar-refractivity contribution in [2.24, 2.45) is 0 Å². The van der Waals surface area contributed by atoms with Gasteiger partial charge in [-0.3, -0.25) is 9.23 Å². The number of halogens is 1. The molecule has 2 N–H and O–H groups in total. The van der Waals surface area contributed by atoms with Gasteiger partial charge in [-0.25, -0.2) is 4.57 Å². The van der Waals surface area contributed by atoms with E-state index in [1.54, 1.807) is 0 Å². The first-order valence-corrected chi connectivity index (χ1v) is 5.79. The highest BCUT2D eigenvalue weighted by Crippen LogP contribution is 2.35. The fourth-order valence-corrected chi connectivity index (χ4v) is 1.26. The van der Waals surface area contributed by atoms with Crippen LogP contribution in [0.1, 0.15) is 39.0 Å². The van der Waals surface area contributed by atoms with Crippen molar-refractivity contribution in [3.8, 4) is 0 Å². The fraction of sp³-hybridized carbons (Fsp3) is 1.00. The summed E-state index contributed by atoms with van der Waals surface area (Å²) >= 11 is 0. The van der Waals surface area contributed by atoms with Crippen molar-refractivity contribution in [2.45, 2.75) is 39.0 Å². The Labute approximate surface area is 77.9 Å². The summed E-state index contributed by atoms with van der Waals surface area (Å²) in [5, 5.41) is 0. The summed E-state index contributed by atoms with van der Waals surface area (Å²) in [5.41, 5.74) is 0. The maximum absolute atomic E-state index is 10.2. The van der Waals surface area contributed by atoms with E-state index in [4.69, 9.17) is 9.79 Å². The van der Waals surface area contributed by atoms with Gasteiger partial charge in [-0.15, -0.1) is 0 Å². The van der Waals surface area contributed by atoms with Crippen molar-refractivity contribution in [3.05, 3.63) is 0 Å². The normalized spacial score (nSPS) is 11.0. The second kappa shape index (κ2) is 8.63. The molecule has 0 radical (unpaired) electrons. The van der Waals surface area contributed by atoms with Crippen LogP contribution in [-0.2, 0) is 9.09 Å². The van der Waals surface area contributed by atoms with Crippen LogP contribution in [0.4, 0.5) is 4.70 Å². The molecule has 0 spiro atoms. The van der Waals surface area contributed by atoms with Gasteiger partial charge in [0.25, 0.3) is 0 Å². The molecule has 0 aliphatic carbocycles. The lowest BCUT2D eigenvalue weighted by Crippen LogP contribution is -1.91. The van der Waals surface area contributed by atoms with Gasteiger partial charge in [0, 0.05) is 0 Å². The molecule has 0 unspecified atom stereocenters. The zero-order chi connectivity index (χ0) is 9.45. The number of hydrogen-bond donors (Lipinski definition) is 2. The molecule has 4 nitrogen and oxygen atoms in total. The molecule has 0 heterocycles. The van der Waals surface area contributed by atoms with Gasteiger partial charge < -0.3 is 9.79 Å². The fourth-order valence-electron chi connectivity index (χ4n) is 0.889. The minimum atomic E-state index is -4.22. The van der Waals surface area contributed by atoms with Crippen LogP contribution in [0.15, 0.2) is 0 Å². The number of phosphoric ester groups is 1. The predicted molar refractivity (Wildman–Crippen MR) is 49.3 cm³/mol. The Morgan fingerprint density at radius 2 is 1.69 bits per heavy atom. The zero-order valence-corrected chi connectivity index (χ0v) is 8.70. The number of phosphoric acid groups is 1. The van der Waals surface area contributed by atoms with Gasteiger partial charge in [-0.1, -0.05) is 32.6 Å². The molecular weight excluding hydrogens is 198 g/mol. The number of hydrogen-bond acceptors (Lipinski definition) is 2. The van der Waals surface area contributed by atoms with E-state index >= 15 is 0 Å². The molecule has 13 heavy (non-hydrogen) atoms. The molecule has 82 valence electrons. The molecule has 0 rings (SSSR count). The van der Waals surface area contributed by atoms with E-state index in [0.29, 0.717) is 0 Å². The Kier molecular flexibility index (Phi) is 10.3. The van der Waals surface area contributed by atoms with E-state index in [1.807, 2.05) is 0 Å². The third-order valence-electron chi connectivity index (χ3n) is 1.51. The summed E-state index contributed by atoms with van der Waals surface area (Å²) in [7, 11) is -4.22. The van der Waals surface area contributed by atoms with Gasteiger partial charge in [0.1, 0.15) is 0 Å². The summed E-state index contributed by atoms with van der Waals surface area (Å²) in [6.45, 7) is 2.28. The smallest absolute Gasteiger partial charge is 0.303 e. The first-order valence-electron chi connectivity index (χ1n) is 4.26. The summed E-state index contributed by atoms with van der Waals surface area (Å²) < 4.78 is 14.5. The summed E-state index contributed by atoms with van der Waals surface area (Å²) in [5.74, 6) is 0. The quantitative estimate of drug-likeness (QED) is 0.505. The third kappa shape index (κ3) is 14.9. The third-order valence-corrected chi connectivity index (χ3v) is 2.03. The Balaban J connectivity index is 0. The van der Waals surface area contributed by atoms with Crippen molar-refractivity contribution in [3.63, 3.8) is 0 Å². The van der Waals surface area contributed by atoms with Gasteiger partial charge in [-0.05, 0) is 6.42 Å². The van der Waals surface area contributed by atoms with E-state index in [2.05, 4.69) is 11.4 Å². The van der Waals surface area contributed by atoms with E-state index in [9.17, 15) is 4.57 Å². The maximum atomic E-state index is 10.2. The van der Waals surface area contributed by atoms with Crippen molar-refractivity contribution in [1.82, 2.24) is 0 Å². The maximum Gasteiger partial charge on any atom is 0.469 e. The standard InChI is InChI=1S/C7H17O4P.FH/c1-2-3-4-5-6-7-11-12(8,9)10;/h2-7H2,1H3,(H2,8,9,10);1H. The molecule has 0 aliphatic heterocycles. The largest absolute Gasteiger partial charge is 0.469 e. The average molecular weight is 216 g/mol. The molecule has 0 fully saturated rings. The molecule has 6 heteroatoms. The molecule has 0 aromatic rings. The second-order valence-corrected chi connectivity index (χ2v) is 3.98. The van der Waals surface area contributed by atoms with Crippen LogP contribution in [-0.4, -0.2) is 16.4 Å². The molecule has 0 bridgehead atoms. The van der Waals surface area contributed by atoms with Crippen LogP contribution in [0, 0.1) is 0 Å². The summed E-state index contributed by atoms with van der Waals surface area (Å²) in [6, 6.07) is 0. The van der Waals surface area contributed by atoms with E-state index in [-0.39, 0.29) is 11.3 Å². The van der Waals surface area contributed by atoms with Crippen LogP contribution in [0.2, 0.25) is 0 Å². The Morgan fingerprint density at radius 3 is 2.15 bits per heavy atom. The van der Waals surface area contributed by atoms with E-state index in [1.165, 1.54) is 12.8 Å². The lowest BCUT2D eigenvalue weighted by Gasteiger charge is -2.03.